The van der Waals surface area contributed by atoms with Gasteiger partial charge in [0.15, 0.2) is 0 Å². The van der Waals surface area contributed by atoms with Crippen molar-refractivity contribution in [2.75, 3.05) is 33.4 Å². The van der Waals surface area contributed by atoms with Crippen molar-refractivity contribution in [3.8, 4) is 11.5 Å². The highest BCUT2D eigenvalue weighted by atomic mass is 35.5. The minimum atomic E-state index is -1.39. The molecule has 10 heteroatoms. The Balaban J connectivity index is 0.00000507. The predicted molar refractivity (Wildman–Crippen MR) is 146 cm³/mol. The Labute approximate surface area is 228 Å². The van der Waals surface area contributed by atoms with E-state index in [2.05, 4.69) is 5.32 Å². The van der Waals surface area contributed by atoms with Crippen LogP contribution >= 0.6 is 12.4 Å². The molecule has 2 aromatic rings. The maximum absolute atomic E-state index is 12.3. The molecule has 0 spiro atoms. The van der Waals surface area contributed by atoms with Gasteiger partial charge in [0.25, 0.3) is 0 Å². The number of para-hydroxylation sites is 1. The van der Waals surface area contributed by atoms with E-state index >= 15 is 0 Å². The number of benzene rings is 2. The second-order valence-electron chi connectivity index (χ2n) is 9.07. The standard InChI is InChI=1S/C28H34N2O7.ClH/c1-18-24(26(32)33)28(3,25(27(34)35)19(2)30(18)4)20-9-8-12-23(15-20)36-14-13-29-16-21(31)17-37-22-10-6-5-7-11-22;/h5-12,15,21,29,31H,13-14,16-17H2,1-4H3,(H,32,33)(H,34,35);1H. The quantitative estimate of drug-likeness (QED) is 0.296. The van der Waals surface area contributed by atoms with Gasteiger partial charge in [-0.05, 0) is 50.6 Å². The first-order valence-electron chi connectivity index (χ1n) is 12.0. The van der Waals surface area contributed by atoms with Gasteiger partial charge >= 0.3 is 11.9 Å². The molecule has 1 unspecified atom stereocenters. The number of hydrogen-bond acceptors (Lipinski definition) is 7. The van der Waals surface area contributed by atoms with Crippen LogP contribution in [0.1, 0.15) is 26.3 Å². The molecule has 0 aliphatic carbocycles. The molecular formula is C28H35ClN2O7. The summed E-state index contributed by atoms with van der Waals surface area (Å²) in [6.07, 6.45) is -0.693. The lowest BCUT2D eigenvalue weighted by atomic mass is 9.67. The fourth-order valence-corrected chi connectivity index (χ4v) is 4.64. The third-order valence-electron chi connectivity index (χ3n) is 6.68. The summed E-state index contributed by atoms with van der Waals surface area (Å²) in [5, 5.41) is 33.3. The van der Waals surface area contributed by atoms with Crippen LogP contribution < -0.4 is 14.8 Å². The molecule has 0 saturated carbocycles. The van der Waals surface area contributed by atoms with Crippen LogP contribution in [0.4, 0.5) is 0 Å². The third-order valence-corrected chi connectivity index (χ3v) is 6.68. The number of carboxylic acids is 2. The number of halogens is 1. The Morgan fingerprint density at radius 2 is 1.53 bits per heavy atom. The van der Waals surface area contributed by atoms with Crippen LogP contribution in [0.3, 0.4) is 0 Å². The zero-order valence-electron chi connectivity index (χ0n) is 21.9. The summed E-state index contributed by atoms with van der Waals surface area (Å²) in [6.45, 7) is 6.19. The molecule has 0 saturated heterocycles. The highest BCUT2D eigenvalue weighted by Gasteiger charge is 2.48. The molecule has 3 rings (SSSR count). The normalized spacial score (nSPS) is 15.6. The number of nitrogens with zero attached hydrogens (tertiary/aromatic N) is 1. The first-order chi connectivity index (χ1) is 17.6. The van der Waals surface area contributed by atoms with Gasteiger partial charge in [0.05, 0.1) is 16.6 Å². The van der Waals surface area contributed by atoms with Crippen molar-refractivity contribution < 1.29 is 34.4 Å². The van der Waals surface area contributed by atoms with E-state index in [4.69, 9.17) is 9.47 Å². The highest BCUT2D eigenvalue weighted by molar-refractivity contribution is 6.00. The molecule has 9 nitrogen and oxygen atoms in total. The van der Waals surface area contributed by atoms with Crippen LogP contribution in [0.5, 0.6) is 11.5 Å². The SMILES string of the molecule is CC1=C(C(=O)O)C(C)(c2cccc(OCCNCC(O)COc3ccccc3)c2)C(C(=O)O)=C(C)N1C.Cl. The largest absolute Gasteiger partial charge is 0.492 e. The monoisotopic (exact) mass is 546 g/mol. The maximum Gasteiger partial charge on any atom is 0.334 e. The summed E-state index contributed by atoms with van der Waals surface area (Å²) in [5.41, 5.74) is 0.0736. The molecule has 206 valence electrons. The molecule has 1 heterocycles. The van der Waals surface area contributed by atoms with Crippen molar-refractivity contribution in [2.45, 2.75) is 32.3 Å². The Morgan fingerprint density at radius 3 is 2.11 bits per heavy atom. The molecule has 1 atom stereocenters. The lowest BCUT2D eigenvalue weighted by Gasteiger charge is -2.41. The van der Waals surface area contributed by atoms with Crippen LogP contribution in [0.2, 0.25) is 0 Å². The smallest absolute Gasteiger partial charge is 0.334 e. The van der Waals surface area contributed by atoms with Crippen molar-refractivity contribution in [2.24, 2.45) is 0 Å². The maximum atomic E-state index is 12.3. The molecular weight excluding hydrogens is 512 g/mol. The second kappa shape index (κ2) is 13.3. The molecule has 38 heavy (non-hydrogen) atoms. The minimum Gasteiger partial charge on any atom is -0.492 e. The van der Waals surface area contributed by atoms with Gasteiger partial charge in [-0.1, -0.05) is 30.3 Å². The lowest BCUT2D eigenvalue weighted by molar-refractivity contribution is -0.134. The Morgan fingerprint density at radius 1 is 0.947 bits per heavy atom. The van der Waals surface area contributed by atoms with Gasteiger partial charge in [-0.15, -0.1) is 12.4 Å². The number of aliphatic hydroxyl groups excluding tert-OH is 1. The molecule has 0 bridgehead atoms. The first kappa shape index (κ1) is 30.7. The summed E-state index contributed by atoms with van der Waals surface area (Å²) in [6, 6.07) is 16.1. The van der Waals surface area contributed by atoms with Gasteiger partial charge in [0, 0.05) is 31.5 Å². The topological polar surface area (TPSA) is 129 Å². The van der Waals surface area contributed by atoms with E-state index in [1.165, 1.54) is 0 Å². The van der Waals surface area contributed by atoms with E-state index < -0.39 is 23.5 Å². The van der Waals surface area contributed by atoms with Gasteiger partial charge < -0.3 is 35.0 Å². The summed E-state index contributed by atoms with van der Waals surface area (Å²) in [7, 11) is 1.66. The van der Waals surface area contributed by atoms with Gasteiger partial charge in [-0.25, -0.2) is 9.59 Å². The number of allylic oxidation sites excluding steroid dienone is 2. The third kappa shape index (κ3) is 6.66. The molecule has 0 aromatic heterocycles. The van der Waals surface area contributed by atoms with Gasteiger partial charge in [0.2, 0.25) is 0 Å². The summed E-state index contributed by atoms with van der Waals surface area (Å²) in [4.78, 5) is 26.2. The molecule has 0 amide bonds. The van der Waals surface area contributed by atoms with Gasteiger partial charge in [0.1, 0.15) is 30.8 Å². The van der Waals surface area contributed by atoms with Crippen LogP contribution in [-0.4, -0.2) is 71.6 Å². The number of ether oxygens (including phenoxy) is 2. The summed E-state index contributed by atoms with van der Waals surface area (Å²) in [5.74, 6) is -1.18. The number of rotatable bonds is 12. The van der Waals surface area contributed by atoms with Crippen LogP contribution in [0.25, 0.3) is 0 Å². The molecule has 2 aromatic carbocycles. The van der Waals surface area contributed by atoms with E-state index in [1.54, 1.807) is 57.0 Å². The number of hydrogen-bond donors (Lipinski definition) is 4. The van der Waals surface area contributed by atoms with E-state index in [1.807, 2.05) is 30.3 Å². The number of nitrogens with one attached hydrogen (secondary N) is 1. The minimum absolute atomic E-state index is 0. The average molecular weight is 547 g/mol. The summed E-state index contributed by atoms with van der Waals surface area (Å²) < 4.78 is 11.4. The zero-order valence-corrected chi connectivity index (χ0v) is 22.7. The predicted octanol–water partition coefficient (Wildman–Crippen LogP) is 3.44. The van der Waals surface area contributed by atoms with Crippen LogP contribution in [-0.2, 0) is 15.0 Å². The molecule has 0 fully saturated rings. The van der Waals surface area contributed by atoms with Crippen molar-refractivity contribution in [1.29, 1.82) is 0 Å². The fourth-order valence-electron chi connectivity index (χ4n) is 4.64. The highest BCUT2D eigenvalue weighted by Crippen LogP contribution is 2.47. The average Bonchev–Trinajstić information content (AvgIpc) is 2.86. The van der Waals surface area contributed by atoms with E-state index in [9.17, 15) is 24.9 Å². The lowest BCUT2D eigenvalue weighted by Crippen LogP contribution is -2.43. The van der Waals surface area contributed by atoms with E-state index in [0.717, 1.165) is 0 Å². The molecule has 1 aliphatic heterocycles. The molecule has 4 N–H and O–H groups in total. The van der Waals surface area contributed by atoms with Crippen LogP contribution in [0, 0.1) is 0 Å². The van der Waals surface area contributed by atoms with Crippen molar-refractivity contribution >= 4 is 24.3 Å². The van der Waals surface area contributed by atoms with E-state index in [-0.39, 0.29) is 36.8 Å². The number of aliphatic carboxylic acids is 2. The van der Waals surface area contributed by atoms with E-state index in [0.29, 0.717) is 41.5 Å². The summed E-state index contributed by atoms with van der Waals surface area (Å²) >= 11 is 0. The van der Waals surface area contributed by atoms with Crippen molar-refractivity contribution in [3.05, 3.63) is 82.7 Å². The Kier molecular flexibility index (Phi) is 10.8. The number of carbonyl (C=O) groups is 2. The first-order valence-corrected chi connectivity index (χ1v) is 12.0. The fraction of sp³-hybridized carbons (Fsp3) is 0.357. The van der Waals surface area contributed by atoms with Crippen molar-refractivity contribution in [1.82, 2.24) is 10.2 Å². The van der Waals surface area contributed by atoms with Gasteiger partial charge in [-0.3, -0.25) is 0 Å². The Bertz CT molecular complexity index is 1160. The Hall–Kier alpha value is -3.53. The zero-order chi connectivity index (χ0) is 27.2. The number of aliphatic hydroxyl groups is 1. The molecule has 1 aliphatic rings. The van der Waals surface area contributed by atoms with Crippen molar-refractivity contribution in [3.63, 3.8) is 0 Å². The number of carboxylic acid groups (broad SMARTS) is 2. The second-order valence-corrected chi connectivity index (χ2v) is 9.07. The van der Waals surface area contributed by atoms with Gasteiger partial charge in [-0.2, -0.15) is 0 Å². The van der Waals surface area contributed by atoms with Crippen LogP contribution in [0.15, 0.2) is 77.1 Å². The molecule has 0 radical (unpaired) electrons.